The Hall–Kier alpha value is -1.55. The standard InChI is InChI=1S/C16H26N2O2/c1-4-16(5-2,6-3)18-15(19)12-20-14-9-7-13(11-17)8-10-14/h7-10H,4-6,11-12,17H2,1-3H3,(H,18,19). The van der Waals surface area contributed by atoms with Crippen molar-refractivity contribution in [3.05, 3.63) is 29.8 Å². The van der Waals surface area contributed by atoms with Crippen molar-refractivity contribution in [1.82, 2.24) is 5.32 Å². The summed E-state index contributed by atoms with van der Waals surface area (Å²) in [7, 11) is 0. The molecule has 1 amide bonds. The van der Waals surface area contributed by atoms with Crippen LogP contribution in [0.2, 0.25) is 0 Å². The van der Waals surface area contributed by atoms with Crippen molar-refractivity contribution in [2.24, 2.45) is 5.73 Å². The zero-order chi connectivity index (χ0) is 15.0. The van der Waals surface area contributed by atoms with E-state index in [9.17, 15) is 4.79 Å². The van der Waals surface area contributed by atoms with Gasteiger partial charge in [0.05, 0.1) is 0 Å². The van der Waals surface area contributed by atoms with Gasteiger partial charge >= 0.3 is 0 Å². The lowest BCUT2D eigenvalue weighted by Crippen LogP contribution is -2.48. The fraction of sp³-hybridized carbons (Fsp3) is 0.562. The smallest absolute Gasteiger partial charge is 0.258 e. The molecule has 1 rings (SSSR count). The van der Waals surface area contributed by atoms with Crippen LogP contribution in [-0.2, 0) is 11.3 Å². The second-order valence-corrected chi connectivity index (χ2v) is 5.03. The molecule has 0 aliphatic heterocycles. The minimum absolute atomic E-state index is 0.0454. The minimum atomic E-state index is -0.107. The maximum atomic E-state index is 12.0. The fourth-order valence-corrected chi connectivity index (χ4v) is 2.22. The maximum absolute atomic E-state index is 12.0. The first-order valence-electron chi connectivity index (χ1n) is 7.32. The SMILES string of the molecule is CCC(CC)(CC)NC(=O)COc1ccc(CN)cc1. The molecule has 0 spiro atoms. The van der Waals surface area contributed by atoms with Gasteiger partial charge in [-0.25, -0.2) is 0 Å². The molecular formula is C16H26N2O2. The van der Waals surface area contributed by atoms with Crippen molar-refractivity contribution in [3.63, 3.8) is 0 Å². The average molecular weight is 278 g/mol. The zero-order valence-corrected chi connectivity index (χ0v) is 12.7. The highest BCUT2D eigenvalue weighted by Crippen LogP contribution is 2.19. The monoisotopic (exact) mass is 278 g/mol. The summed E-state index contributed by atoms with van der Waals surface area (Å²) in [5, 5.41) is 3.09. The van der Waals surface area contributed by atoms with Crippen molar-refractivity contribution >= 4 is 5.91 Å². The molecule has 4 nitrogen and oxygen atoms in total. The normalized spacial score (nSPS) is 11.2. The highest BCUT2D eigenvalue weighted by molar-refractivity contribution is 5.78. The number of rotatable bonds is 8. The molecule has 0 fully saturated rings. The molecule has 0 aromatic heterocycles. The maximum Gasteiger partial charge on any atom is 0.258 e. The molecule has 1 aromatic rings. The lowest BCUT2D eigenvalue weighted by molar-refractivity contribution is -0.125. The molecule has 0 aliphatic carbocycles. The van der Waals surface area contributed by atoms with Crippen molar-refractivity contribution in [2.45, 2.75) is 52.1 Å². The molecule has 0 aliphatic rings. The van der Waals surface area contributed by atoms with E-state index in [-0.39, 0.29) is 18.1 Å². The largest absolute Gasteiger partial charge is 0.484 e. The number of hydrogen-bond donors (Lipinski definition) is 2. The highest BCUT2D eigenvalue weighted by Gasteiger charge is 2.25. The molecule has 0 radical (unpaired) electrons. The summed E-state index contributed by atoms with van der Waals surface area (Å²) < 4.78 is 5.49. The van der Waals surface area contributed by atoms with Crippen LogP contribution < -0.4 is 15.8 Å². The van der Waals surface area contributed by atoms with Crippen molar-refractivity contribution in [3.8, 4) is 5.75 Å². The van der Waals surface area contributed by atoms with Gasteiger partial charge in [0.25, 0.3) is 5.91 Å². The van der Waals surface area contributed by atoms with Gasteiger partial charge in [0.2, 0.25) is 0 Å². The van der Waals surface area contributed by atoms with Gasteiger partial charge in [-0.05, 0) is 37.0 Å². The van der Waals surface area contributed by atoms with Gasteiger partial charge in [0, 0.05) is 12.1 Å². The van der Waals surface area contributed by atoms with E-state index in [1.165, 1.54) is 0 Å². The molecule has 1 aromatic carbocycles. The lowest BCUT2D eigenvalue weighted by Gasteiger charge is -2.31. The second-order valence-electron chi connectivity index (χ2n) is 5.03. The van der Waals surface area contributed by atoms with Gasteiger partial charge in [0.15, 0.2) is 6.61 Å². The number of hydrogen-bond acceptors (Lipinski definition) is 3. The van der Waals surface area contributed by atoms with E-state index in [2.05, 4.69) is 26.1 Å². The summed E-state index contributed by atoms with van der Waals surface area (Å²) in [6.07, 6.45) is 2.78. The van der Waals surface area contributed by atoms with Crippen LogP contribution in [0.25, 0.3) is 0 Å². The minimum Gasteiger partial charge on any atom is -0.484 e. The van der Waals surface area contributed by atoms with E-state index in [1.807, 2.05) is 24.3 Å². The van der Waals surface area contributed by atoms with E-state index in [0.29, 0.717) is 12.3 Å². The van der Waals surface area contributed by atoms with E-state index < -0.39 is 0 Å². The molecule has 0 atom stereocenters. The Morgan fingerprint density at radius 2 is 1.70 bits per heavy atom. The van der Waals surface area contributed by atoms with Crippen molar-refractivity contribution in [2.75, 3.05) is 6.61 Å². The molecule has 4 heteroatoms. The summed E-state index contributed by atoms with van der Waals surface area (Å²) in [4.78, 5) is 12.0. The van der Waals surface area contributed by atoms with Crippen LogP contribution in [0.3, 0.4) is 0 Å². The number of carbonyl (C=O) groups is 1. The Labute approximate surface area is 121 Å². The molecule has 0 saturated carbocycles. The van der Waals surface area contributed by atoms with Crippen LogP contribution in [0.15, 0.2) is 24.3 Å². The van der Waals surface area contributed by atoms with E-state index in [0.717, 1.165) is 24.8 Å². The predicted octanol–water partition coefficient (Wildman–Crippen LogP) is 2.61. The molecule has 0 heterocycles. The van der Waals surface area contributed by atoms with Crippen molar-refractivity contribution in [1.29, 1.82) is 0 Å². The topological polar surface area (TPSA) is 64.3 Å². The van der Waals surface area contributed by atoms with Crippen LogP contribution in [0.4, 0.5) is 0 Å². The van der Waals surface area contributed by atoms with Gasteiger partial charge < -0.3 is 15.8 Å². The van der Waals surface area contributed by atoms with Gasteiger partial charge in [0.1, 0.15) is 5.75 Å². The Morgan fingerprint density at radius 1 is 1.15 bits per heavy atom. The van der Waals surface area contributed by atoms with Crippen LogP contribution in [0.1, 0.15) is 45.6 Å². The van der Waals surface area contributed by atoms with Gasteiger partial charge in [-0.3, -0.25) is 4.79 Å². The Bertz CT molecular complexity index is 403. The molecular weight excluding hydrogens is 252 g/mol. The highest BCUT2D eigenvalue weighted by atomic mass is 16.5. The zero-order valence-electron chi connectivity index (χ0n) is 12.7. The first-order chi connectivity index (χ1) is 9.59. The van der Waals surface area contributed by atoms with Gasteiger partial charge in [-0.15, -0.1) is 0 Å². The molecule has 0 unspecified atom stereocenters. The van der Waals surface area contributed by atoms with E-state index in [1.54, 1.807) is 0 Å². The van der Waals surface area contributed by atoms with Crippen LogP contribution >= 0.6 is 0 Å². The molecule has 112 valence electrons. The quantitative estimate of drug-likeness (QED) is 0.768. The number of amides is 1. The number of carbonyl (C=O) groups excluding carboxylic acids is 1. The summed E-state index contributed by atoms with van der Waals surface area (Å²) >= 11 is 0. The Balaban J connectivity index is 2.50. The Morgan fingerprint density at radius 3 is 2.15 bits per heavy atom. The number of nitrogens with two attached hydrogens (primary N) is 1. The van der Waals surface area contributed by atoms with Gasteiger partial charge in [-0.1, -0.05) is 32.9 Å². The predicted molar refractivity (Wildman–Crippen MR) is 81.6 cm³/mol. The summed E-state index contributed by atoms with van der Waals surface area (Å²) in [5.41, 5.74) is 6.47. The third kappa shape index (κ3) is 4.53. The molecule has 0 bridgehead atoms. The van der Waals surface area contributed by atoms with E-state index in [4.69, 9.17) is 10.5 Å². The number of nitrogens with one attached hydrogen (secondary N) is 1. The van der Waals surface area contributed by atoms with Crippen LogP contribution in [0, 0.1) is 0 Å². The summed E-state index contributed by atoms with van der Waals surface area (Å²) in [5.74, 6) is 0.617. The first kappa shape index (κ1) is 16.5. The number of benzene rings is 1. The van der Waals surface area contributed by atoms with Crippen LogP contribution in [0.5, 0.6) is 5.75 Å². The Kier molecular flexibility index (Phi) is 6.52. The average Bonchev–Trinajstić information content (AvgIpc) is 2.51. The van der Waals surface area contributed by atoms with Crippen LogP contribution in [-0.4, -0.2) is 18.1 Å². The molecule has 0 saturated heterocycles. The van der Waals surface area contributed by atoms with Gasteiger partial charge in [-0.2, -0.15) is 0 Å². The lowest BCUT2D eigenvalue weighted by atomic mass is 9.90. The van der Waals surface area contributed by atoms with E-state index >= 15 is 0 Å². The summed E-state index contributed by atoms with van der Waals surface area (Å²) in [6.45, 7) is 6.84. The third-order valence-electron chi connectivity index (χ3n) is 3.96. The van der Waals surface area contributed by atoms with Crippen molar-refractivity contribution < 1.29 is 9.53 Å². The summed E-state index contributed by atoms with van der Waals surface area (Å²) in [6, 6.07) is 7.48. The second kappa shape index (κ2) is 7.90. The molecule has 20 heavy (non-hydrogen) atoms. The fourth-order valence-electron chi connectivity index (χ4n) is 2.22. The number of ether oxygens (including phenoxy) is 1. The molecule has 3 N–H and O–H groups in total. The third-order valence-corrected chi connectivity index (χ3v) is 3.96. The first-order valence-corrected chi connectivity index (χ1v) is 7.32.